The molecule has 0 unspecified atom stereocenters. The molecule has 2 aliphatic heterocycles. The number of hydrogen-bond acceptors (Lipinski definition) is 6. The Morgan fingerprint density at radius 2 is 1.89 bits per heavy atom. The van der Waals surface area contributed by atoms with Gasteiger partial charge in [0.25, 0.3) is 5.69 Å². The van der Waals surface area contributed by atoms with Crippen molar-refractivity contribution < 1.29 is 14.5 Å². The fourth-order valence-electron chi connectivity index (χ4n) is 3.93. The monoisotopic (exact) mass is 383 g/mol. The standard InChI is InChI=1S/C19H21N5O4/c25-18-2-1-7-23(18)13-19(26)22-10-8-21(9-11-22)16-3-4-17(24(27)28)15-12-20-6-5-14(15)16/h3-6,12H,1-2,7-11,13H2. The summed E-state index contributed by atoms with van der Waals surface area (Å²) in [5.41, 5.74) is 0.945. The lowest BCUT2D eigenvalue weighted by Crippen LogP contribution is -2.51. The van der Waals surface area contributed by atoms with Crippen molar-refractivity contribution in [3.05, 3.63) is 40.7 Å². The number of nitro groups is 1. The minimum atomic E-state index is -0.399. The first kappa shape index (κ1) is 18.1. The molecule has 2 saturated heterocycles. The molecule has 1 aromatic heterocycles. The van der Waals surface area contributed by atoms with Gasteiger partial charge in [-0.25, -0.2) is 0 Å². The van der Waals surface area contributed by atoms with Crippen LogP contribution in [0, 0.1) is 10.1 Å². The summed E-state index contributed by atoms with van der Waals surface area (Å²) in [5.74, 6) is 0.0330. The average Bonchev–Trinajstić information content (AvgIpc) is 3.11. The zero-order valence-electron chi connectivity index (χ0n) is 15.4. The third-order valence-electron chi connectivity index (χ3n) is 5.44. The second-order valence-electron chi connectivity index (χ2n) is 7.07. The third-order valence-corrected chi connectivity index (χ3v) is 5.44. The normalized spacial score (nSPS) is 17.4. The fourth-order valence-corrected chi connectivity index (χ4v) is 3.93. The first-order chi connectivity index (χ1) is 13.5. The second-order valence-corrected chi connectivity index (χ2v) is 7.07. The molecule has 3 heterocycles. The minimum Gasteiger partial charge on any atom is -0.367 e. The SMILES string of the molecule is O=C(CN1CCCC1=O)N1CCN(c2ccc([N+](=O)[O-])c3cnccc23)CC1. The van der Waals surface area contributed by atoms with E-state index in [9.17, 15) is 19.7 Å². The summed E-state index contributed by atoms with van der Waals surface area (Å²) in [6.45, 7) is 3.21. The molecule has 146 valence electrons. The highest BCUT2D eigenvalue weighted by molar-refractivity contribution is 5.99. The molecule has 0 radical (unpaired) electrons. The van der Waals surface area contributed by atoms with Crippen molar-refractivity contribution in [3.8, 4) is 0 Å². The Morgan fingerprint density at radius 1 is 1.11 bits per heavy atom. The molecule has 0 spiro atoms. The number of pyridine rings is 1. The highest BCUT2D eigenvalue weighted by Gasteiger charge is 2.28. The van der Waals surface area contributed by atoms with Gasteiger partial charge in [0.2, 0.25) is 11.8 Å². The molecule has 2 aliphatic rings. The Morgan fingerprint density at radius 3 is 2.57 bits per heavy atom. The molecule has 2 fully saturated rings. The number of carbonyl (C=O) groups is 2. The highest BCUT2D eigenvalue weighted by atomic mass is 16.6. The molecular weight excluding hydrogens is 362 g/mol. The Bertz CT molecular complexity index is 939. The van der Waals surface area contributed by atoms with Crippen molar-refractivity contribution in [1.82, 2.24) is 14.8 Å². The van der Waals surface area contributed by atoms with Gasteiger partial charge in [0.05, 0.1) is 16.9 Å². The first-order valence-electron chi connectivity index (χ1n) is 9.36. The number of carbonyl (C=O) groups excluding carboxylic acids is 2. The van der Waals surface area contributed by atoms with Crippen molar-refractivity contribution in [1.29, 1.82) is 0 Å². The Labute approximate surface area is 161 Å². The summed E-state index contributed by atoms with van der Waals surface area (Å²) in [6, 6.07) is 5.06. The number of nitrogens with zero attached hydrogens (tertiary/aromatic N) is 5. The Kier molecular flexibility index (Phi) is 4.81. The van der Waals surface area contributed by atoms with Crippen LogP contribution in [0.15, 0.2) is 30.6 Å². The van der Waals surface area contributed by atoms with Gasteiger partial charge in [-0.2, -0.15) is 0 Å². The average molecular weight is 383 g/mol. The van der Waals surface area contributed by atoms with Crippen LogP contribution in [-0.4, -0.2) is 70.8 Å². The van der Waals surface area contributed by atoms with Crippen LogP contribution in [0.3, 0.4) is 0 Å². The van der Waals surface area contributed by atoms with Crippen LogP contribution < -0.4 is 4.90 Å². The number of benzene rings is 1. The van der Waals surface area contributed by atoms with Crippen molar-refractivity contribution in [3.63, 3.8) is 0 Å². The lowest BCUT2D eigenvalue weighted by molar-refractivity contribution is -0.383. The number of amides is 2. The van der Waals surface area contributed by atoms with Gasteiger partial charge in [-0.15, -0.1) is 0 Å². The molecule has 0 N–H and O–H groups in total. The van der Waals surface area contributed by atoms with E-state index in [1.165, 1.54) is 12.3 Å². The van der Waals surface area contributed by atoms with Crippen LogP contribution >= 0.6 is 0 Å². The zero-order chi connectivity index (χ0) is 19.7. The predicted octanol–water partition coefficient (Wildman–Crippen LogP) is 1.41. The van der Waals surface area contributed by atoms with Crippen LogP contribution in [0.1, 0.15) is 12.8 Å². The second kappa shape index (κ2) is 7.41. The van der Waals surface area contributed by atoms with Crippen LogP contribution in [-0.2, 0) is 9.59 Å². The van der Waals surface area contributed by atoms with Crippen molar-refractivity contribution in [2.75, 3.05) is 44.2 Å². The zero-order valence-corrected chi connectivity index (χ0v) is 15.4. The fraction of sp³-hybridized carbons (Fsp3) is 0.421. The number of non-ortho nitro benzene ring substituents is 1. The molecule has 0 saturated carbocycles. The van der Waals surface area contributed by atoms with Crippen molar-refractivity contribution in [2.24, 2.45) is 0 Å². The van der Waals surface area contributed by atoms with E-state index in [1.54, 1.807) is 28.1 Å². The van der Waals surface area contributed by atoms with Gasteiger partial charge in [-0.1, -0.05) is 0 Å². The van der Waals surface area contributed by atoms with Crippen molar-refractivity contribution >= 4 is 34.0 Å². The molecule has 9 nitrogen and oxygen atoms in total. The van der Waals surface area contributed by atoms with E-state index in [2.05, 4.69) is 9.88 Å². The predicted molar refractivity (Wildman–Crippen MR) is 103 cm³/mol. The van der Waals surface area contributed by atoms with Gasteiger partial charge in [-0.05, 0) is 18.6 Å². The molecular formula is C19H21N5O4. The van der Waals surface area contributed by atoms with Crippen molar-refractivity contribution in [2.45, 2.75) is 12.8 Å². The molecule has 9 heteroatoms. The number of aromatic nitrogens is 1. The number of anilines is 1. The van der Waals surface area contributed by atoms with Crippen LogP contribution in [0.25, 0.3) is 10.8 Å². The molecule has 0 bridgehead atoms. The molecule has 0 aliphatic carbocycles. The van der Waals surface area contributed by atoms with E-state index < -0.39 is 4.92 Å². The van der Waals surface area contributed by atoms with Crippen LogP contribution in [0.4, 0.5) is 11.4 Å². The van der Waals surface area contributed by atoms with Crippen LogP contribution in [0.5, 0.6) is 0 Å². The maximum absolute atomic E-state index is 12.5. The van der Waals surface area contributed by atoms with Gasteiger partial charge in [0.15, 0.2) is 0 Å². The lowest BCUT2D eigenvalue weighted by Gasteiger charge is -2.37. The molecule has 28 heavy (non-hydrogen) atoms. The summed E-state index contributed by atoms with van der Waals surface area (Å²) in [6.07, 6.45) is 4.50. The molecule has 2 aromatic rings. The Hall–Kier alpha value is -3.23. The van der Waals surface area contributed by atoms with E-state index in [0.717, 1.165) is 17.5 Å². The van der Waals surface area contributed by atoms with E-state index in [4.69, 9.17) is 0 Å². The van der Waals surface area contributed by atoms with Gasteiger partial charge in [0, 0.05) is 68.7 Å². The summed E-state index contributed by atoms with van der Waals surface area (Å²) in [4.78, 5) is 44.7. The smallest absolute Gasteiger partial charge is 0.278 e. The summed E-state index contributed by atoms with van der Waals surface area (Å²) >= 11 is 0. The number of rotatable bonds is 4. The number of hydrogen-bond donors (Lipinski definition) is 0. The number of nitro benzene ring substituents is 1. The molecule has 1 aromatic carbocycles. The maximum atomic E-state index is 12.5. The molecule has 2 amide bonds. The van der Waals surface area contributed by atoms with E-state index >= 15 is 0 Å². The van der Waals surface area contributed by atoms with Gasteiger partial charge < -0.3 is 14.7 Å². The summed E-state index contributed by atoms with van der Waals surface area (Å²) in [7, 11) is 0. The molecule has 0 atom stereocenters. The summed E-state index contributed by atoms with van der Waals surface area (Å²) in [5, 5.41) is 12.6. The maximum Gasteiger partial charge on any atom is 0.278 e. The number of fused-ring (bicyclic) bond motifs is 1. The number of piperazine rings is 1. The highest BCUT2D eigenvalue weighted by Crippen LogP contribution is 2.33. The van der Waals surface area contributed by atoms with E-state index in [-0.39, 0.29) is 24.0 Å². The third kappa shape index (κ3) is 3.35. The van der Waals surface area contributed by atoms with E-state index in [0.29, 0.717) is 44.5 Å². The molecule has 4 rings (SSSR count). The lowest BCUT2D eigenvalue weighted by atomic mass is 10.1. The van der Waals surface area contributed by atoms with Crippen LogP contribution in [0.2, 0.25) is 0 Å². The topological polar surface area (TPSA) is 99.9 Å². The quantitative estimate of drug-likeness (QED) is 0.585. The Balaban J connectivity index is 1.47. The van der Waals surface area contributed by atoms with Gasteiger partial charge in [0.1, 0.15) is 0 Å². The van der Waals surface area contributed by atoms with E-state index in [1.807, 2.05) is 0 Å². The largest absolute Gasteiger partial charge is 0.367 e. The first-order valence-corrected chi connectivity index (χ1v) is 9.36. The number of likely N-dealkylation sites (tertiary alicyclic amines) is 1. The minimum absolute atomic E-state index is 0.0207. The van der Waals surface area contributed by atoms with Gasteiger partial charge in [-0.3, -0.25) is 24.7 Å². The van der Waals surface area contributed by atoms with Gasteiger partial charge >= 0.3 is 0 Å². The summed E-state index contributed by atoms with van der Waals surface area (Å²) < 4.78 is 0.